The predicted molar refractivity (Wildman–Crippen MR) is 155 cm³/mol. The molecule has 0 aromatic heterocycles. The Labute approximate surface area is 243 Å². The van der Waals surface area contributed by atoms with Crippen LogP contribution in [0.3, 0.4) is 0 Å². The maximum absolute atomic E-state index is 14.6. The Morgan fingerprint density at radius 1 is 1.12 bits per heavy atom. The smallest absolute Gasteiger partial charge is 0.290 e. The van der Waals surface area contributed by atoms with E-state index >= 15 is 0 Å². The van der Waals surface area contributed by atoms with Gasteiger partial charge in [-0.25, -0.2) is 4.39 Å². The van der Waals surface area contributed by atoms with Gasteiger partial charge in [-0.3, -0.25) is 19.3 Å². The molecule has 2 aliphatic rings. The molecule has 2 amide bonds. The van der Waals surface area contributed by atoms with E-state index in [0.717, 1.165) is 31.4 Å². The van der Waals surface area contributed by atoms with E-state index in [1.165, 1.54) is 30.4 Å². The van der Waals surface area contributed by atoms with Crippen molar-refractivity contribution in [1.29, 1.82) is 0 Å². The highest BCUT2D eigenvalue weighted by atomic mass is 35.5. The van der Waals surface area contributed by atoms with E-state index < -0.39 is 11.4 Å². The lowest BCUT2D eigenvalue weighted by Crippen LogP contribution is -2.57. The minimum Gasteiger partial charge on any atom is -0.494 e. The topological polar surface area (TPSA) is 108 Å². The highest BCUT2D eigenvalue weighted by molar-refractivity contribution is 6.31. The van der Waals surface area contributed by atoms with Crippen LogP contribution in [0.2, 0.25) is 5.02 Å². The molecule has 0 spiro atoms. The standard InChI is InChI=1S/C30H31ClFN3O3.CH2O2/c1-35-18-20-7-4-3-6-19(20)16-25(35)29(37)34-30(14-5-15-30)21-8-10-22(11-9-21)33-27(36)17-23-24(31)12-13-26(38-2)28(23)32;2-1-3/h3-4,6-13,25H,5,14-18H2,1-2H3,(H,33,36)(H,34,37);1H,(H,2,3). The number of carbonyl (C=O) groups is 3. The first-order chi connectivity index (χ1) is 19.7. The molecule has 1 unspecified atom stereocenters. The molecular weight excluding hydrogens is 549 g/mol. The SMILES string of the molecule is COc1ccc(Cl)c(CC(=O)Nc2ccc(C3(NC(=O)C4Cc5ccccc5CN4C)CCC3)cc2)c1F.O=CO. The number of halogens is 2. The maximum Gasteiger partial charge on any atom is 0.290 e. The van der Waals surface area contributed by atoms with Crippen LogP contribution in [-0.4, -0.2) is 48.5 Å². The fraction of sp³-hybridized carbons (Fsp3) is 0.323. The lowest BCUT2D eigenvalue weighted by molar-refractivity contribution is -0.130. The highest BCUT2D eigenvalue weighted by Crippen LogP contribution is 2.42. The Morgan fingerprint density at radius 2 is 1.78 bits per heavy atom. The molecule has 1 fully saturated rings. The highest BCUT2D eigenvalue weighted by Gasteiger charge is 2.42. The molecule has 10 heteroatoms. The molecule has 1 atom stereocenters. The van der Waals surface area contributed by atoms with Crippen molar-refractivity contribution in [3.05, 3.63) is 93.8 Å². The average Bonchev–Trinajstić information content (AvgIpc) is 2.93. The number of ether oxygens (including phenoxy) is 1. The van der Waals surface area contributed by atoms with Gasteiger partial charge in [-0.1, -0.05) is 48.0 Å². The number of rotatable bonds is 7. The molecule has 0 bridgehead atoms. The van der Waals surface area contributed by atoms with Crippen molar-refractivity contribution in [2.75, 3.05) is 19.5 Å². The second-order valence-electron chi connectivity index (χ2n) is 10.3. The van der Waals surface area contributed by atoms with Crippen molar-refractivity contribution in [2.24, 2.45) is 0 Å². The summed E-state index contributed by atoms with van der Waals surface area (Å²) in [6.07, 6.45) is 3.24. The van der Waals surface area contributed by atoms with E-state index in [1.807, 2.05) is 43.4 Å². The van der Waals surface area contributed by atoms with Gasteiger partial charge in [-0.05, 0) is 73.7 Å². The van der Waals surface area contributed by atoms with Crippen LogP contribution < -0.4 is 15.4 Å². The number of nitrogens with zero attached hydrogens (tertiary/aromatic N) is 1. The number of hydrogen-bond acceptors (Lipinski definition) is 5. The van der Waals surface area contributed by atoms with Crippen LogP contribution in [0.25, 0.3) is 0 Å². The number of nitrogens with one attached hydrogen (secondary N) is 2. The van der Waals surface area contributed by atoms with Crippen molar-refractivity contribution in [2.45, 2.75) is 50.2 Å². The molecule has 0 saturated heterocycles. The Kier molecular flexibility index (Phi) is 9.62. The van der Waals surface area contributed by atoms with Crippen LogP contribution >= 0.6 is 11.6 Å². The van der Waals surface area contributed by atoms with E-state index in [9.17, 15) is 14.0 Å². The molecule has 1 aliphatic carbocycles. The molecule has 216 valence electrons. The summed E-state index contributed by atoms with van der Waals surface area (Å²) in [6.45, 7) is 0.501. The number of fused-ring (bicyclic) bond motifs is 1. The van der Waals surface area contributed by atoms with Crippen LogP contribution in [0.5, 0.6) is 5.75 Å². The van der Waals surface area contributed by atoms with E-state index in [2.05, 4.69) is 27.7 Å². The fourth-order valence-electron chi connectivity index (χ4n) is 5.42. The minimum absolute atomic E-state index is 0.0382. The summed E-state index contributed by atoms with van der Waals surface area (Å²) >= 11 is 6.12. The first kappa shape index (κ1) is 30.0. The van der Waals surface area contributed by atoms with Gasteiger partial charge in [0.05, 0.1) is 25.1 Å². The van der Waals surface area contributed by atoms with E-state index in [1.54, 1.807) is 0 Å². The summed E-state index contributed by atoms with van der Waals surface area (Å²) in [4.78, 5) is 36.5. The van der Waals surface area contributed by atoms with Gasteiger partial charge in [0.2, 0.25) is 11.8 Å². The summed E-state index contributed by atoms with van der Waals surface area (Å²) in [5.74, 6) is -0.950. The number of carboxylic acid groups (broad SMARTS) is 1. The molecule has 41 heavy (non-hydrogen) atoms. The van der Waals surface area contributed by atoms with Crippen LogP contribution in [0, 0.1) is 5.82 Å². The van der Waals surface area contributed by atoms with E-state index in [4.69, 9.17) is 26.2 Å². The number of anilines is 1. The average molecular weight is 582 g/mol. The third-order valence-electron chi connectivity index (χ3n) is 7.78. The van der Waals surface area contributed by atoms with Crippen LogP contribution in [0.4, 0.5) is 10.1 Å². The molecule has 3 N–H and O–H groups in total. The van der Waals surface area contributed by atoms with Gasteiger partial charge >= 0.3 is 0 Å². The van der Waals surface area contributed by atoms with Gasteiger partial charge in [0.25, 0.3) is 6.47 Å². The fourth-order valence-corrected chi connectivity index (χ4v) is 5.63. The number of methoxy groups -OCH3 is 1. The summed E-state index contributed by atoms with van der Waals surface area (Å²) in [5.41, 5.74) is 3.77. The van der Waals surface area contributed by atoms with Crippen molar-refractivity contribution >= 4 is 35.6 Å². The Bertz CT molecular complexity index is 1410. The van der Waals surface area contributed by atoms with Crippen molar-refractivity contribution in [3.8, 4) is 5.75 Å². The van der Waals surface area contributed by atoms with Crippen molar-refractivity contribution < 1.29 is 28.6 Å². The molecule has 3 aromatic carbocycles. The quantitative estimate of drug-likeness (QED) is 0.342. The number of carbonyl (C=O) groups excluding carboxylic acids is 2. The lowest BCUT2D eigenvalue weighted by atomic mass is 9.71. The van der Waals surface area contributed by atoms with Gasteiger partial charge < -0.3 is 20.5 Å². The van der Waals surface area contributed by atoms with E-state index in [0.29, 0.717) is 12.1 Å². The van der Waals surface area contributed by atoms with Crippen molar-refractivity contribution in [3.63, 3.8) is 0 Å². The van der Waals surface area contributed by atoms with Gasteiger partial charge in [0, 0.05) is 22.8 Å². The zero-order chi connectivity index (χ0) is 29.6. The summed E-state index contributed by atoms with van der Waals surface area (Å²) in [5, 5.41) is 13.2. The van der Waals surface area contributed by atoms with Crippen LogP contribution in [0.1, 0.15) is 41.5 Å². The van der Waals surface area contributed by atoms with Crippen LogP contribution in [0.15, 0.2) is 60.7 Å². The predicted octanol–water partition coefficient (Wildman–Crippen LogP) is 4.92. The number of amides is 2. The zero-order valence-corrected chi connectivity index (χ0v) is 23.7. The lowest BCUT2D eigenvalue weighted by Gasteiger charge is -2.45. The molecule has 3 aromatic rings. The second-order valence-corrected chi connectivity index (χ2v) is 10.7. The zero-order valence-electron chi connectivity index (χ0n) is 23.0. The summed E-state index contributed by atoms with van der Waals surface area (Å²) < 4.78 is 19.6. The van der Waals surface area contributed by atoms with Gasteiger partial charge in [0.1, 0.15) is 0 Å². The molecule has 1 aliphatic heterocycles. The van der Waals surface area contributed by atoms with E-state index in [-0.39, 0.29) is 47.1 Å². The molecule has 8 nitrogen and oxygen atoms in total. The Hall–Kier alpha value is -3.95. The van der Waals surface area contributed by atoms with Crippen LogP contribution in [-0.2, 0) is 39.3 Å². The number of benzene rings is 3. The number of likely N-dealkylation sites (N-methyl/N-ethyl adjacent to an activating group) is 1. The van der Waals surface area contributed by atoms with Gasteiger partial charge in [0.15, 0.2) is 11.6 Å². The molecule has 5 rings (SSSR count). The molecule has 0 radical (unpaired) electrons. The first-order valence-electron chi connectivity index (χ1n) is 13.3. The Morgan fingerprint density at radius 3 is 2.39 bits per heavy atom. The normalized spacial score (nSPS) is 17.1. The molecular formula is C31H33ClFN3O5. The maximum atomic E-state index is 14.6. The summed E-state index contributed by atoms with van der Waals surface area (Å²) in [6, 6.07) is 18.5. The largest absolute Gasteiger partial charge is 0.494 e. The van der Waals surface area contributed by atoms with Crippen molar-refractivity contribution in [1.82, 2.24) is 10.2 Å². The minimum atomic E-state index is -0.639. The summed E-state index contributed by atoms with van der Waals surface area (Å²) in [7, 11) is 3.36. The number of hydrogen-bond donors (Lipinski definition) is 3. The van der Waals surface area contributed by atoms with Gasteiger partial charge in [-0.2, -0.15) is 0 Å². The second kappa shape index (κ2) is 13.1. The third kappa shape index (κ3) is 6.69. The first-order valence-corrected chi connectivity index (χ1v) is 13.7. The molecule has 1 saturated carbocycles. The Balaban J connectivity index is 0.00000124. The third-order valence-corrected chi connectivity index (χ3v) is 8.14. The molecule has 1 heterocycles. The monoisotopic (exact) mass is 581 g/mol. The van der Waals surface area contributed by atoms with Gasteiger partial charge in [-0.15, -0.1) is 0 Å².